The van der Waals surface area contributed by atoms with E-state index in [0.29, 0.717) is 31.0 Å². The number of aliphatic hydroxyl groups excluding tert-OH is 1. The molecule has 0 aromatic carbocycles. The van der Waals surface area contributed by atoms with Crippen molar-refractivity contribution in [2.45, 2.75) is 70.9 Å². The predicted octanol–water partition coefficient (Wildman–Crippen LogP) is 2.70. The lowest BCUT2D eigenvalue weighted by atomic mass is 10.1. The van der Waals surface area contributed by atoms with Gasteiger partial charge in [0.2, 0.25) is 0 Å². The third-order valence-electron chi connectivity index (χ3n) is 7.42. The van der Waals surface area contributed by atoms with Crippen LogP contribution in [0.4, 0.5) is 11.6 Å². The van der Waals surface area contributed by atoms with Crippen LogP contribution in [0.5, 0.6) is 0 Å². The van der Waals surface area contributed by atoms with Crippen molar-refractivity contribution in [1.29, 1.82) is 0 Å². The van der Waals surface area contributed by atoms with E-state index in [9.17, 15) is 5.11 Å². The molecule has 0 aliphatic carbocycles. The molecule has 3 aromatic rings. The highest BCUT2D eigenvalue weighted by Crippen LogP contribution is 2.39. The first-order chi connectivity index (χ1) is 16.0. The summed E-state index contributed by atoms with van der Waals surface area (Å²) in [6.07, 6.45) is 3.54. The molecule has 1 unspecified atom stereocenters. The summed E-state index contributed by atoms with van der Waals surface area (Å²) < 4.78 is 2.18. The molecule has 3 aromatic heterocycles. The Morgan fingerprint density at radius 2 is 1.94 bits per heavy atom. The number of hydrogen-bond acceptors (Lipinski definition) is 8. The molecule has 0 radical (unpaired) electrons. The number of nitrogens with two attached hydrogens (primary N) is 1. The molecule has 33 heavy (non-hydrogen) atoms. The maximum atomic E-state index is 11.3. The van der Waals surface area contributed by atoms with Crippen molar-refractivity contribution in [2.24, 2.45) is 5.73 Å². The molecule has 6 heterocycles. The highest BCUT2D eigenvalue weighted by Gasteiger charge is 2.34. The number of nitrogens with zero attached hydrogens (tertiary/aromatic N) is 7. The number of aryl methyl sites for hydroxylation is 1. The van der Waals surface area contributed by atoms with Crippen LogP contribution in [0.2, 0.25) is 0 Å². The van der Waals surface area contributed by atoms with Gasteiger partial charge in [0, 0.05) is 49.3 Å². The Labute approximate surface area is 193 Å². The second kappa shape index (κ2) is 7.78. The zero-order chi connectivity index (χ0) is 22.7. The minimum Gasteiger partial charge on any atom is -0.369 e. The van der Waals surface area contributed by atoms with E-state index in [1.54, 1.807) is 0 Å². The Bertz CT molecular complexity index is 1210. The number of anilines is 2. The van der Waals surface area contributed by atoms with Gasteiger partial charge in [0.1, 0.15) is 23.2 Å². The summed E-state index contributed by atoms with van der Waals surface area (Å²) in [5, 5.41) is 20.1. The Kier molecular flexibility index (Phi) is 4.84. The summed E-state index contributed by atoms with van der Waals surface area (Å²) >= 11 is 0. The largest absolute Gasteiger partial charge is 0.369 e. The number of pyridine rings is 2. The summed E-state index contributed by atoms with van der Waals surface area (Å²) in [4.78, 5) is 14.0. The average Bonchev–Trinajstić information content (AvgIpc) is 3.59. The number of hydrogen-bond donors (Lipinski definition) is 2. The molecule has 9 nitrogen and oxygen atoms in total. The van der Waals surface area contributed by atoms with Crippen molar-refractivity contribution in [2.75, 3.05) is 16.3 Å². The molecule has 3 N–H and O–H groups in total. The van der Waals surface area contributed by atoms with E-state index in [4.69, 9.17) is 15.7 Å². The minimum atomic E-state index is -0.796. The second-order valence-electron chi connectivity index (χ2n) is 9.46. The maximum Gasteiger partial charge on any atom is 0.182 e. The smallest absolute Gasteiger partial charge is 0.182 e. The molecule has 0 bridgehead atoms. The molecular weight excluding hydrogens is 416 g/mol. The van der Waals surface area contributed by atoms with Crippen molar-refractivity contribution in [3.05, 3.63) is 46.9 Å². The Morgan fingerprint density at radius 3 is 2.73 bits per heavy atom. The lowest BCUT2D eigenvalue weighted by molar-refractivity contribution is 0.181. The van der Waals surface area contributed by atoms with Crippen LogP contribution < -0.4 is 15.5 Å². The van der Waals surface area contributed by atoms with E-state index in [0.717, 1.165) is 72.2 Å². The van der Waals surface area contributed by atoms with Crippen LogP contribution in [0, 0.1) is 0 Å². The molecule has 1 fully saturated rings. The van der Waals surface area contributed by atoms with E-state index in [1.807, 2.05) is 29.2 Å². The molecule has 0 amide bonds. The van der Waals surface area contributed by atoms with Crippen LogP contribution in [-0.2, 0) is 19.5 Å². The van der Waals surface area contributed by atoms with Crippen molar-refractivity contribution in [3.63, 3.8) is 0 Å². The molecule has 172 valence electrons. The Hall–Kier alpha value is -3.04. The molecule has 3 atom stereocenters. The van der Waals surface area contributed by atoms with Crippen molar-refractivity contribution >= 4 is 11.6 Å². The summed E-state index contributed by atoms with van der Waals surface area (Å²) in [6.45, 7) is 6.27. The highest BCUT2D eigenvalue weighted by atomic mass is 16.3. The van der Waals surface area contributed by atoms with Crippen LogP contribution in [0.3, 0.4) is 0 Å². The Morgan fingerprint density at radius 1 is 1.06 bits per heavy atom. The van der Waals surface area contributed by atoms with E-state index < -0.39 is 6.23 Å². The molecule has 0 saturated carbocycles. The lowest BCUT2D eigenvalue weighted by Crippen LogP contribution is -2.28. The fourth-order valence-corrected chi connectivity index (χ4v) is 5.57. The SMILES string of the molecule is C[C@@H]1CCCN1c1cc2c(c(CN)n1)CN(c1cccc(-c3nnc4n3[C@H](C)CC4)n1)C2O. The minimum absolute atomic E-state index is 0.343. The van der Waals surface area contributed by atoms with Crippen molar-refractivity contribution < 1.29 is 5.11 Å². The second-order valence-corrected chi connectivity index (χ2v) is 9.46. The van der Waals surface area contributed by atoms with Gasteiger partial charge in [0.15, 0.2) is 12.1 Å². The van der Waals surface area contributed by atoms with E-state index in [1.165, 1.54) is 0 Å². The summed E-state index contributed by atoms with van der Waals surface area (Å²) in [7, 11) is 0. The topological polar surface area (TPSA) is 109 Å². The number of fused-ring (bicyclic) bond motifs is 2. The third kappa shape index (κ3) is 3.21. The first kappa shape index (κ1) is 20.6. The monoisotopic (exact) mass is 446 g/mol. The van der Waals surface area contributed by atoms with Gasteiger partial charge in [-0.1, -0.05) is 6.07 Å². The lowest BCUT2D eigenvalue weighted by Gasteiger charge is -2.24. The third-order valence-corrected chi connectivity index (χ3v) is 7.42. The first-order valence-electron chi connectivity index (χ1n) is 11.9. The fourth-order valence-electron chi connectivity index (χ4n) is 5.57. The number of aromatic nitrogens is 5. The van der Waals surface area contributed by atoms with E-state index in [-0.39, 0.29) is 0 Å². The van der Waals surface area contributed by atoms with Gasteiger partial charge < -0.3 is 25.2 Å². The number of rotatable bonds is 4. The van der Waals surface area contributed by atoms with Gasteiger partial charge in [-0.3, -0.25) is 0 Å². The van der Waals surface area contributed by atoms with Crippen LogP contribution in [0.15, 0.2) is 24.3 Å². The molecular formula is C24H30N8O. The van der Waals surface area contributed by atoms with Gasteiger partial charge in [0.25, 0.3) is 0 Å². The summed E-state index contributed by atoms with van der Waals surface area (Å²) in [5.74, 6) is 3.42. The number of aliphatic hydroxyl groups is 1. The van der Waals surface area contributed by atoms with Gasteiger partial charge in [-0.2, -0.15) is 0 Å². The molecule has 3 aliphatic rings. The molecule has 1 saturated heterocycles. The van der Waals surface area contributed by atoms with E-state index in [2.05, 4.69) is 33.5 Å². The van der Waals surface area contributed by atoms with Gasteiger partial charge >= 0.3 is 0 Å². The summed E-state index contributed by atoms with van der Waals surface area (Å²) in [6, 6.07) is 8.71. The fraction of sp³-hybridized carbons (Fsp3) is 0.500. The van der Waals surface area contributed by atoms with Crippen LogP contribution >= 0.6 is 0 Å². The predicted molar refractivity (Wildman–Crippen MR) is 126 cm³/mol. The first-order valence-corrected chi connectivity index (χ1v) is 11.9. The van der Waals surface area contributed by atoms with Gasteiger partial charge in [-0.05, 0) is 51.3 Å². The Balaban J connectivity index is 1.35. The van der Waals surface area contributed by atoms with Crippen molar-refractivity contribution in [1.82, 2.24) is 24.7 Å². The average molecular weight is 447 g/mol. The van der Waals surface area contributed by atoms with Crippen molar-refractivity contribution in [3.8, 4) is 11.5 Å². The quantitative estimate of drug-likeness (QED) is 0.630. The normalized spacial score (nSPS) is 23.9. The van der Waals surface area contributed by atoms with Gasteiger partial charge in [-0.25, -0.2) is 9.97 Å². The van der Waals surface area contributed by atoms with E-state index >= 15 is 0 Å². The zero-order valence-corrected chi connectivity index (χ0v) is 19.1. The summed E-state index contributed by atoms with van der Waals surface area (Å²) in [5.41, 5.74) is 9.60. The van der Waals surface area contributed by atoms with Crippen LogP contribution in [0.1, 0.15) is 68.0 Å². The molecule has 9 heteroatoms. The van der Waals surface area contributed by atoms with Crippen LogP contribution in [0.25, 0.3) is 11.5 Å². The zero-order valence-electron chi connectivity index (χ0n) is 19.1. The highest BCUT2D eigenvalue weighted by molar-refractivity contribution is 5.59. The molecule has 0 spiro atoms. The van der Waals surface area contributed by atoms with Gasteiger partial charge in [-0.15, -0.1) is 10.2 Å². The van der Waals surface area contributed by atoms with Gasteiger partial charge in [0.05, 0.1) is 5.69 Å². The molecule has 6 rings (SSSR count). The van der Waals surface area contributed by atoms with Crippen LogP contribution in [-0.4, -0.2) is 42.4 Å². The molecule has 3 aliphatic heterocycles. The maximum absolute atomic E-state index is 11.3. The standard InChI is InChI=1S/C24H30N8O/c1-14-5-4-10-30(14)22-11-16-17(19(12-25)27-22)13-31(24(16)33)20-7-3-6-18(26-20)23-29-28-21-9-8-15(2)32(21)23/h3,6-7,11,14-15,24,33H,4-5,8-10,12-13,25H2,1-2H3/t14-,15-,24?/m1/s1.